The van der Waals surface area contributed by atoms with Crippen LogP contribution in [0.4, 0.5) is 0 Å². The molecule has 0 aliphatic heterocycles. The molecule has 20 heavy (non-hydrogen) atoms. The van der Waals surface area contributed by atoms with Crippen molar-refractivity contribution >= 4 is 0 Å². The smallest absolute Gasteiger partial charge is 0.0708 e. The third-order valence-electron chi connectivity index (χ3n) is 4.13. The molecule has 0 aliphatic carbocycles. The molecule has 1 aromatic carbocycles. The quantitative estimate of drug-likeness (QED) is 0.685. The first-order chi connectivity index (χ1) is 9.20. The molecule has 0 N–H and O–H groups in total. The van der Waals surface area contributed by atoms with Gasteiger partial charge in [0.1, 0.15) is 0 Å². The van der Waals surface area contributed by atoms with E-state index in [1.807, 2.05) is 0 Å². The molecule has 1 nitrogen and oxygen atoms in total. The summed E-state index contributed by atoms with van der Waals surface area (Å²) in [6.07, 6.45) is 0. The van der Waals surface area contributed by atoms with Gasteiger partial charge in [-0.25, -0.2) is 0 Å². The summed E-state index contributed by atoms with van der Waals surface area (Å²) < 4.78 is 0. The second-order valence-electron chi connectivity index (χ2n) is 6.81. The molecule has 106 valence electrons. The lowest BCUT2D eigenvalue weighted by atomic mass is 9.83. The highest BCUT2D eigenvalue weighted by atomic mass is 14.7. The summed E-state index contributed by atoms with van der Waals surface area (Å²) in [6.45, 7) is 15.4. The summed E-state index contributed by atoms with van der Waals surface area (Å²) in [4.78, 5) is 4.79. The zero-order chi connectivity index (χ0) is 15.1. The van der Waals surface area contributed by atoms with Crippen LogP contribution < -0.4 is 0 Å². The molecule has 0 spiro atoms. The Morgan fingerprint density at radius 2 is 1.50 bits per heavy atom. The number of hydrogen-bond donors (Lipinski definition) is 0. The molecule has 0 radical (unpaired) electrons. The molecule has 0 atom stereocenters. The molecule has 0 bridgehead atoms. The predicted octanol–water partition coefficient (Wildman–Crippen LogP) is 5.28. The maximum absolute atomic E-state index is 4.79. The molecule has 0 fully saturated rings. The Morgan fingerprint density at radius 3 is 2.05 bits per heavy atom. The molecule has 0 saturated carbocycles. The van der Waals surface area contributed by atoms with E-state index in [0.717, 1.165) is 11.4 Å². The van der Waals surface area contributed by atoms with Gasteiger partial charge >= 0.3 is 0 Å². The van der Waals surface area contributed by atoms with E-state index in [-0.39, 0.29) is 5.41 Å². The van der Waals surface area contributed by atoms with Crippen LogP contribution in [0.2, 0.25) is 0 Å². The standard InChI is InChI=1S/C19H25N/c1-12-8-9-16(10-13(12)2)18-11-17(19(5,6)7)14(3)15(4)20-18/h8-11H,1-7H3. The SMILES string of the molecule is Cc1ccc(-c2cc(C(C)(C)C)c(C)c(C)n2)cc1C. The first kappa shape index (κ1) is 14.8. The second-order valence-corrected chi connectivity index (χ2v) is 6.81. The van der Waals surface area contributed by atoms with Crippen LogP contribution in [0.15, 0.2) is 24.3 Å². The molecule has 1 aromatic heterocycles. The van der Waals surface area contributed by atoms with Crippen molar-refractivity contribution in [3.8, 4) is 11.3 Å². The van der Waals surface area contributed by atoms with E-state index in [2.05, 4.69) is 72.7 Å². The molecular formula is C19H25N. The summed E-state index contributed by atoms with van der Waals surface area (Å²) in [5.41, 5.74) is 8.91. The van der Waals surface area contributed by atoms with E-state index in [4.69, 9.17) is 4.98 Å². The number of benzene rings is 1. The monoisotopic (exact) mass is 267 g/mol. The van der Waals surface area contributed by atoms with Crippen molar-refractivity contribution in [2.75, 3.05) is 0 Å². The normalized spacial score (nSPS) is 11.8. The fourth-order valence-electron chi connectivity index (χ4n) is 2.56. The number of aryl methyl sites for hydroxylation is 3. The molecule has 0 unspecified atom stereocenters. The minimum Gasteiger partial charge on any atom is -0.253 e. The van der Waals surface area contributed by atoms with Crippen LogP contribution in [0.3, 0.4) is 0 Å². The Hall–Kier alpha value is -1.63. The molecular weight excluding hydrogens is 242 g/mol. The van der Waals surface area contributed by atoms with Gasteiger partial charge in [0.25, 0.3) is 0 Å². The first-order valence-corrected chi connectivity index (χ1v) is 7.26. The molecule has 0 amide bonds. The Labute approximate surface area is 123 Å². The number of nitrogens with zero attached hydrogens (tertiary/aromatic N) is 1. The van der Waals surface area contributed by atoms with Crippen LogP contribution in [0.1, 0.15) is 48.7 Å². The van der Waals surface area contributed by atoms with Crippen molar-refractivity contribution in [1.82, 2.24) is 4.98 Å². The molecule has 1 heterocycles. The topological polar surface area (TPSA) is 12.9 Å². The fraction of sp³-hybridized carbons (Fsp3) is 0.421. The van der Waals surface area contributed by atoms with Gasteiger partial charge in [0, 0.05) is 11.3 Å². The molecule has 0 aliphatic rings. The summed E-state index contributed by atoms with van der Waals surface area (Å²) in [5, 5.41) is 0. The van der Waals surface area contributed by atoms with Gasteiger partial charge in [-0.15, -0.1) is 0 Å². The van der Waals surface area contributed by atoms with E-state index < -0.39 is 0 Å². The van der Waals surface area contributed by atoms with Crippen molar-refractivity contribution in [2.24, 2.45) is 0 Å². The lowest BCUT2D eigenvalue weighted by molar-refractivity contribution is 0.584. The Bertz CT molecular complexity index is 646. The lowest BCUT2D eigenvalue weighted by Gasteiger charge is -2.23. The zero-order valence-corrected chi connectivity index (χ0v) is 13.8. The van der Waals surface area contributed by atoms with Crippen molar-refractivity contribution in [3.63, 3.8) is 0 Å². The van der Waals surface area contributed by atoms with E-state index in [1.54, 1.807) is 0 Å². The highest BCUT2D eigenvalue weighted by Gasteiger charge is 2.19. The molecule has 2 rings (SSSR count). The third-order valence-corrected chi connectivity index (χ3v) is 4.13. The third kappa shape index (κ3) is 2.77. The Balaban J connectivity index is 2.63. The number of hydrogen-bond acceptors (Lipinski definition) is 1. The highest BCUT2D eigenvalue weighted by molar-refractivity contribution is 5.63. The average Bonchev–Trinajstić information content (AvgIpc) is 2.34. The van der Waals surface area contributed by atoms with E-state index in [0.29, 0.717) is 0 Å². The van der Waals surface area contributed by atoms with Gasteiger partial charge < -0.3 is 0 Å². The number of pyridine rings is 1. The van der Waals surface area contributed by atoms with Crippen LogP contribution in [-0.4, -0.2) is 4.98 Å². The van der Waals surface area contributed by atoms with Crippen LogP contribution in [0.5, 0.6) is 0 Å². The summed E-state index contributed by atoms with van der Waals surface area (Å²) in [5.74, 6) is 0. The van der Waals surface area contributed by atoms with Crippen LogP contribution in [0, 0.1) is 27.7 Å². The van der Waals surface area contributed by atoms with E-state index in [1.165, 1.54) is 27.8 Å². The molecule has 0 saturated heterocycles. The van der Waals surface area contributed by atoms with Gasteiger partial charge in [0.15, 0.2) is 0 Å². The van der Waals surface area contributed by atoms with Gasteiger partial charge in [-0.3, -0.25) is 4.98 Å². The van der Waals surface area contributed by atoms with Gasteiger partial charge in [-0.1, -0.05) is 32.9 Å². The van der Waals surface area contributed by atoms with Gasteiger partial charge in [0.05, 0.1) is 5.69 Å². The Kier molecular flexibility index (Phi) is 3.73. The fourth-order valence-corrected chi connectivity index (χ4v) is 2.56. The average molecular weight is 267 g/mol. The highest BCUT2D eigenvalue weighted by Crippen LogP contribution is 2.31. The van der Waals surface area contributed by atoms with Crippen LogP contribution in [-0.2, 0) is 5.41 Å². The summed E-state index contributed by atoms with van der Waals surface area (Å²) >= 11 is 0. The molecule has 2 aromatic rings. The summed E-state index contributed by atoms with van der Waals surface area (Å²) in [7, 11) is 0. The summed E-state index contributed by atoms with van der Waals surface area (Å²) in [6, 6.07) is 8.84. The largest absolute Gasteiger partial charge is 0.253 e. The number of rotatable bonds is 1. The van der Waals surface area contributed by atoms with Crippen LogP contribution >= 0.6 is 0 Å². The van der Waals surface area contributed by atoms with Crippen molar-refractivity contribution in [3.05, 3.63) is 52.2 Å². The van der Waals surface area contributed by atoms with Gasteiger partial charge in [-0.05, 0) is 67.5 Å². The van der Waals surface area contributed by atoms with E-state index >= 15 is 0 Å². The van der Waals surface area contributed by atoms with E-state index in [9.17, 15) is 0 Å². The Morgan fingerprint density at radius 1 is 0.850 bits per heavy atom. The lowest BCUT2D eigenvalue weighted by Crippen LogP contribution is -2.15. The minimum atomic E-state index is 0.145. The molecule has 1 heteroatoms. The van der Waals surface area contributed by atoms with Gasteiger partial charge in [-0.2, -0.15) is 0 Å². The maximum atomic E-state index is 4.79. The van der Waals surface area contributed by atoms with Crippen molar-refractivity contribution < 1.29 is 0 Å². The maximum Gasteiger partial charge on any atom is 0.0708 e. The first-order valence-electron chi connectivity index (χ1n) is 7.26. The van der Waals surface area contributed by atoms with Crippen LogP contribution in [0.25, 0.3) is 11.3 Å². The predicted molar refractivity (Wildman–Crippen MR) is 87.3 cm³/mol. The zero-order valence-electron chi connectivity index (χ0n) is 13.8. The van der Waals surface area contributed by atoms with Gasteiger partial charge in [0.2, 0.25) is 0 Å². The minimum absolute atomic E-state index is 0.145. The second kappa shape index (κ2) is 5.05. The number of aromatic nitrogens is 1. The van der Waals surface area contributed by atoms with Crippen molar-refractivity contribution in [1.29, 1.82) is 0 Å². The van der Waals surface area contributed by atoms with Crippen molar-refractivity contribution in [2.45, 2.75) is 53.9 Å².